The third-order valence-corrected chi connectivity index (χ3v) is 6.69. The summed E-state index contributed by atoms with van der Waals surface area (Å²) in [5, 5.41) is 0. The first-order valence-corrected chi connectivity index (χ1v) is 10.5. The van der Waals surface area contributed by atoms with Crippen molar-refractivity contribution in [3.63, 3.8) is 0 Å². The Hall–Kier alpha value is -1.63. The van der Waals surface area contributed by atoms with E-state index in [2.05, 4.69) is 9.88 Å². The fraction of sp³-hybridized carbons (Fsp3) is 0.647. The molecule has 6 nitrogen and oxygen atoms in total. The molecule has 0 N–H and O–H groups in total. The highest BCUT2D eigenvalue weighted by Crippen LogP contribution is 2.23. The second kappa shape index (κ2) is 7.09. The Morgan fingerprint density at radius 3 is 2.67 bits per heavy atom. The highest BCUT2D eigenvalue weighted by atomic mass is 32.2. The lowest BCUT2D eigenvalue weighted by Gasteiger charge is -2.30. The first kappa shape index (κ1) is 17.2. The number of piperidine rings is 1. The third-order valence-electron chi connectivity index (χ3n) is 4.94. The van der Waals surface area contributed by atoms with Crippen molar-refractivity contribution in [3.05, 3.63) is 24.0 Å². The molecule has 1 atom stereocenters. The number of hydrogen-bond donors (Lipinski definition) is 0. The molecule has 2 aliphatic rings. The predicted molar refractivity (Wildman–Crippen MR) is 94.1 cm³/mol. The molecule has 0 aliphatic carbocycles. The molecule has 2 fully saturated rings. The van der Waals surface area contributed by atoms with E-state index in [0.717, 1.165) is 18.8 Å². The summed E-state index contributed by atoms with van der Waals surface area (Å²) in [6.07, 6.45) is 7.50. The first-order chi connectivity index (χ1) is 11.5. The largest absolute Gasteiger partial charge is 0.370 e. The number of carbonyl (C=O) groups excluding carboxylic acids is 1. The van der Waals surface area contributed by atoms with E-state index >= 15 is 0 Å². The monoisotopic (exact) mass is 351 g/mol. The van der Waals surface area contributed by atoms with Gasteiger partial charge in [0.15, 0.2) is 9.84 Å². The number of carbonyl (C=O) groups is 1. The summed E-state index contributed by atoms with van der Waals surface area (Å²) in [7, 11) is -3.01. The minimum Gasteiger partial charge on any atom is -0.370 e. The lowest BCUT2D eigenvalue weighted by atomic mass is 10.1. The van der Waals surface area contributed by atoms with Crippen molar-refractivity contribution < 1.29 is 13.2 Å². The molecule has 0 saturated carbocycles. The van der Waals surface area contributed by atoms with Crippen LogP contribution in [0.5, 0.6) is 0 Å². The van der Waals surface area contributed by atoms with Crippen LogP contribution in [0, 0.1) is 0 Å². The van der Waals surface area contributed by atoms with Gasteiger partial charge in [-0.2, -0.15) is 0 Å². The van der Waals surface area contributed by atoms with Gasteiger partial charge in [-0.25, -0.2) is 8.42 Å². The molecule has 24 heavy (non-hydrogen) atoms. The second-order valence-corrected chi connectivity index (χ2v) is 8.86. The van der Waals surface area contributed by atoms with Gasteiger partial charge in [0.05, 0.1) is 29.0 Å². The van der Waals surface area contributed by atoms with Crippen molar-refractivity contribution in [3.8, 4) is 0 Å². The molecule has 0 aromatic carbocycles. The first-order valence-electron chi connectivity index (χ1n) is 8.71. The Balaban J connectivity index is 1.78. The number of anilines is 1. The number of sulfone groups is 1. The maximum absolute atomic E-state index is 12.9. The molecule has 0 spiro atoms. The average Bonchev–Trinajstić information content (AvgIpc) is 2.96. The Kier molecular flexibility index (Phi) is 5.08. The van der Waals surface area contributed by atoms with E-state index in [9.17, 15) is 13.2 Å². The third kappa shape index (κ3) is 3.71. The van der Waals surface area contributed by atoms with Crippen LogP contribution in [0.1, 0.15) is 43.0 Å². The normalized spacial score (nSPS) is 23.2. The molecular weight excluding hydrogens is 326 g/mol. The van der Waals surface area contributed by atoms with E-state index in [1.165, 1.54) is 19.3 Å². The molecule has 0 radical (unpaired) electrons. The van der Waals surface area contributed by atoms with Crippen LogP contribution in [0.2, 0.25) is 0 Å². The Morgan fingerprint density at radius 1 is 1.29 bits per heavy atom. The average molecular weight is 351 g/mol. The number of amides is 1. The van der Waals surface area contributed by atoms with Crippen molar-refractivity contribution in [2.24, 2.45) is 0 Å². The van der Waals surface area contributed by atoms with Crippen molar-refractivity contribution in [1.82, 2.24) is 9.88 Å². The molecular formula is C17H25N3O3S. The van der Waals surface area contributed by atoms with E-state index < -0.39 is 9.84 Å². The Labute approximate surface area is 143 Å². The molecule has 1 unspecified atom stereocenters. The summed E-state index contributed by atoms with van der Waals surface area (Å²) in [5.41, 5.74) is 1.53. The van der Waals surface area contributed by atoms with Crippen molar-refractivity contribution in [2.75, 3.05) is 36.0 Å². The summed E-state index contributed by atoms with van der Waals surface area (Å²) in [6, 6.07) is 1.68. The molecule has 3 heterocycles. The van der Waals surface area contributed by atoms with Gasteiger partial charge in [-0.05, 0) is 38.7 Å². The molecule has 0 bridgehead atoms. The second-order valence-electron chi connectivity index (χ2n) is 6.63. The zero-order valence-electron chi connectivity index (χ0n) is 14.1. The molecule has 1 aromatic rings. The fourth-order valence-electron chi connectivity index (χ4n) is 3.62. The predicted octanol–water partition coefficient (Wildman–Crippen LogP) is 1.72. The van der Waals surface area contributed by atoms with E-state index in [4.69, 9.17) is 0 Å². The highest BCUT2D eigenvalue weighted by molar-refractivity contribution is 7.91. The number of hydrogen-bond acceptors (Lipinski definition) is 5. The highest BCUT2D eigenvalue weighted by Gasteiger charge is 2.34. The molecule has 7 heteroatoms. The molecule has 1 amide bonds. The Morgan fingerprint density at radius 2 is 2.04 bits per heavy atom. The van der Waals surface area contributed by atoms with Gasteiger partial charge >= 0.3 is 0 Å². The zero-order chi connectivity index (χ0) is 17.2. The van der Waals surface area contributed by atoms with Crippen LogP contribution in [0.25, 0.3) is 0 Å². The summed E-state index contributed by atoms with van der Waals surface area (Å²) in [6.45, 7) is 4.40. The van der Waals surface area contributed by atoms with Crippen LogP contribution < -0.4 is 4.90 Å². The minimum atomic E-state index is -3.01. The summed E-state index contributed by atoms with van der Waals surface area (Å²) in [5.74, 6) is 0.130. The molecule has 2 aliphatic heterocycles. The van der Waals surface area contributed by atoms with Crippen molar-refractivity contribution in [1.29, 1.82) is 0 Å². The maximum Gasteiger partial charge on any atom is 0.255 e. The Bertz CT molecular complexity index is 699. The number of nitrogens with zero attached hydrogens (tertiary/aromatic N) is 3. The minimum absolute atomic E-state index is 0.0752. The molecule has 3 rings (SSSR count). The quantitative estimate of drug-likeness (QED) is 0.826. The smallest absolute Gasteiger partial charge is 0.255 e. The molecule has 1 aromatic heterocycles. The molecule has 132 valence electrons. The van der Waals surface area contributed by atoms with E-state index in [1.54, 1.807) is 17.3 Å². The summed E-state index contributed by atoms with van der Waals surface area (Å²) >= 11 is 0. The van der Waals surface area contributed by atoms with Gasteiger partial charge in [-0.15, -0.1) is 0 Å². The van der Waals surface area contributed by atoms with Crippen LogP contribution in [-0.2, 0) is 9.84 Å². The number of pyridine rings is 1. The van der Waals surface area contributed by atoms with Gasteiger partial charge in [0.25, 0.3) is 5.91 Å². The van der Waals surface area contributed by atoms with E-state index in [1.807, 2.05) is 13.0 Å². The van der Waals surface area contributed by atoms with E-state index in [0.29, 0.717) is 18.5 Å². The van der Waals surface area contributed by atoms with Crippen molar-refractivity contribution >= 4 is 21.4 Å². The van der Waals surface area contributed by atoms with Gasteiger partial charge in [-0.1, -0.05) is 0 Å². The van der Waals surface area contributed by atoms with E-state index in [-0.39, 0.29) is 23.5 Å². The van der Waals surface area contributed by atoms with Crippen LogP contribution in [0.3, 0.4) is 0 Å². The fourth-order valence-corrected chi connectivity index (χ4v) is 5.36. The van der Waals surface area contributed by atoms with Gasteiger partial charge in [0.1, 0.15) is 0 Å². The number of aromatic nitrogens is 1. The van der Waals surface area contributed by atoms with Crippen molar-refractivity contribution in [2.45, 2.75) is 38.6 Å². The van der Waals surface area contributed by atoms with Crippen LogP contribution in [-0.4, -0.2) is 61.4 Å². The lowest BCUT2D eigenvalue weighted by Crippen LogP contribution is -2.41. The van der Waals surface area contributed by atoms with Gasteiger partial charge in [0.2, 0.25) is 0 Å². The topological polar surface area (TPSA) is 70.6 Å². The lowest BCUT2D eigenvalue weighted by molar-refractivity contribution is 0.0708. The van der Waals surface area contributed by atoms with Gasteiger partial charge in [-0.3, -0.25) is 9.78 Å². The summed E-state index contributed by atoms with van der Waals surface area (Å²) in [4.78, 5) is 21.1. The molecule has 2 saturated heterocycles. The van der Waals surface area contributed by atoms with Crippen LogP contribution in [0.15, 0.2) is 18.5 Å². The number of rotatable bonds is 4. The summed E-state index contributed by atoms with van der Waals surface area (Å²) < 4.78 is 23.4. The van der Waals surface area contributed by atoms with Gasteiger partial charge < -0.3 is 9.80 Å². The SMILES string of the molecule is CCN(C(=O)c1cncc(N2CCCCC2)c1)C1CCS(=O)(=O)C1. The standard InChI is InChI=1S/C17H25N3O3S/c1-2-20(15-6-9-24(22,23)13-15)17(21)14-10-16(12-18-11-14)19-7-4-3-5-8-19/h10-12,15H,2-9,13H2,1H3. The van der Waals surface area contributed by atoms with Crippen LogP contribution >= 0.6 is 0 Å². The van der Waals surface area contributed by atoms with Crippen LogP contribution in [0.4, 0.5) is 5.69 Å². The zero-order valence-corrected chi connectivity index (χ0v) is 15.0. The maximum atomic E-state index is 12.9. The van der Waals surface area contributed by atoms with Gasteiger partial charge in [0, 0.05) is 31.9 Å².